The molecule has 0 aliphatic carbocycles. The molecule has 0 spiro atoms. The Bertz CT molecular complexity index is 427. The van der Waals surface area contributed by atoms with Crippen LogP contribution in [0.25, 0.3) is 0 Å². The van der Waals surface area contributed by atoms with Gasteiger partial charge in [0.05, 0.1) is 6.61 Å². The van der Waals surface area contributed by atoms with Crippen LogP contribution in [0.3, 0.4) is 0 Å². The lowest BCUT2D eigenvalue weighted by atomic mass is 9.93. The van der Waals surface area contributed by atoms with Crippen LogP contribution in [0.4, 0.5) is 0 Å². The van der Waals surface area contributed by atoms with Crippen LogP contribution < -0.4 is 10.1 Å². The molecule has 0 amide bonds. The fourth-order valence-corrected chi connectivity index (χ4v) is 3.42. The van der Waals surface area contributed by atoms with Gasteiger partial charge in [-0.15, -0.1) is 12.4 Å². The first-order chi connectivity index (χ1) is 9.35. The van der Waals surface area contributed by atoms with Crippen LogP contribution in [-0.2, 0) is 6.54 Å². The van der Waals surface area contributed by atoms with E-state index in [1.54, 1.807) is 0 Å². The summed E-state index contributed by atoms with van der Waals surface area (Å²) in [5.41, 5.74) is 1.37. The Hall–Kier alpha value is -0.770. The first kappa shape index (κ1) is 15.6. The lowest BCUT2D eigenvalue weighted by molar-refractivity contribution is 0.156. The third kappa shape index (κ3) is 3.66. The molecule has 3 rings (SSSR count). The molecule has 20 heavy (non-hydrogen) atoms. The maximum Gasteiger partial charge on any atom is 0.119 e. The molecule has 2 atom stereocenters. The molecule has 0 radical (unpaired) electrons. The van der Waals surface area contributed by atoms with Crippen LogP contribution in [-0.4, -0.2) is 37.2 Å². The number of fused-ring (bicyclic) bond motifs is 1. The van der Waals surface area contributed by atoms with Crippen LogP contribution in [0, 0.1) is 5.92 Å². The summed E-state index contributed by atoms with van der Waals surface area (Å²) in [6.45, 7) is 7.50. The lowest BCUT2D eigenvalue weighted by Gasteiger charge is -2.34. The maximum atomic E-state index is 5.58. The van der Waals surface area contributed by atoms with Gasteiger partial charge in [0.2, 0.25) is 0 Å². The third-order valence-corrected chi connectivity index (χ3v) is 4.36. The summed E-state index contributed by atoms with van der Waals surface area (Å²) >= 11 is 0. The second-order valence-corrected chi connectivity index (χ2v) is 5.71. The molecular weight excluding hydrogens is 272 g/mol. The van der Waals surface area contributed by atoms with E-state index in [1.807, 2.05) is 13.0 Å². The number of hydrogen-bond acceptors (Lipinski definition) is 3. The van der Waals surface area contributed by atoms with Gasteiger partial charge in [0.1, 0.15) is 5.75 Å². The number of rotatable bonds is 4. The van der Waals surface area contributed by atoms with E-state index in [2.05, 4.69) is 28.4 Å². The van der Waals surface area contributed by atoms with E-state index in [9.17, 15) is 0 Å². The maximum absolute atomic E-state index is 5.58. The normalized spacial score (nSPS) is 25.9. The predicted octanol–water partition coefficient (Wildman–Crippen LogP) is 2.69. The van der Waals surface area contributed by atoms with Gasteiger partial charge < -0.3 is 10.1 Å². The minimum Gasteiger partial charge on any atom is -0.494 e. The van der Waals surface area contributed by atoms with Gasteiger partial charge in [-0.3, -0.25) is 4.90 Å². The number of hydrogen-bond donors (Lipinski definition) is 1. The smallest absolute Gasteiger partial charge is 0.119 e. The Morgan fingerprint density at radius 1 is 1.35 bits per heavy atom. The summed E-state index contributed by atoms with van der Waals surface area (Å²) < 4.78 is 5.58. The third-order valence-electron chi connectivity index (χ3n) is 4.36. The SMILES string of the molecule is CCOc1cccc(CN2CCC3NCCC3C2)c1.Cl. The second kappa shape index (κ2) is 7.30. The first-order valence-corrected chi connectivity index (χ1v) is 7.52. The topological polar surface area (TPSA) is 24.5 Å². The van der Waals surface area contributed by atoms with Crippen LogP contribution >= 0.6 is 12.4 Å². The summed E-state index contributed by atoms with van der Waals surface area (Å²) in [7, 11) is 0. The number of benzene rings is 1. The molecule has 3 nitrogen and oxygen atoms in total. The molecule has 2 saturated heterocycles. The molecule has 2 aliphatic heterocycles. The molecule has 0 saturated carbocycles. The van der Waals surface area contributed by atoms with E-state index in [0.717, 1.165) is 30.9 Å². The fraction of sp³-hybridized carbons (Fsp3) is 0.625. The summed E-state index contributed by atoms with van der Waals surface area (Å²) in [6, 6.07) is 9.32. The van der Waals surface area contributed by atoms with E-state index in [-0.39, 0.29) is 12.4 Å². The summed E-state index contributed by atoms with van der Waals surface area (Å²) in [6.07, 6.45) is 2.65. The summed E-state index contributed by atoms with van der Waals surface area (Å²) in [4.78, 5) is 2.60. The van der Waals surface area contributed by atoms with Crippen LogP contribution in [0.1, 0.15) is 25.3 Å². The average Bonchev–Trinajstić information content (AvgIpc) is 2.87. The largest absolute Gasteiger partial charge is 0.494 e. The van der Waals surface area contributed by atoms with Crippen molar-refractivity contribution in [1.82, 2.24) is 10.2 Å². The van der Waals surface area contributed by atoms with Gasteiger partial charge in [0.15, 0.2) is 0 Å². The van der Waals surface area contributed by atoms with E-state index in [1.165, 1.54) is 38.0 Å². The number of nitrogens with zero attached hydrogens (tertiary/aromatic N) is 1. The van der Waals surface area contributed by atoms with E-state index >= 15 is 0 Å². The highest BCUT2D eigenvalue weighted by molar-refractivity contribution is 5.85. The Labute approximate surface area is 128 Å². The zero-order chi connectivity index (χ0) is 13.1. The minimum atomic E-state index is 0. The van der Waals surface area contributed by atoms with Crippen molar-refractivity contribution in [2.24, 2.45) is 5.92 Å². The standard InChI is InChI=1S/C16H24N2O.ClH/c1-2-19-15-5-3-4-13(10-15)11-18-9-7-16-14(12-18)6-8-17-16;/h3-5,10,14,16-17H,2,6-9,11-12H2,1H3;1H. The Balaban J connectivity index is 0.00000147. The van der Waals surface area contributed by atoms with Gasteiger partial charge in [-0.2, -0.15) is 0 Å². The first-order valence-electron chi connectivity index (χ1n) is 7.52. The lowest BCUT2D eigenvalue weighted by Crippen LogP contribution is -2.43. The number of piperidine rings is 1. The zero-order valence-corrected chi connectivity index (χ0v) is 13.0. The van der Waals surface area contributed by atoms with Crippen molar-refractivity contribution in [3.8, 4) is 5.75 Å². The molecule has 0 aromatic heterocycles. The molecule has 2 aliphatic rings. The monoisotopic (exact) mass is 296 g/mol. The number of ether oxygens (including phenoxy) is 1. The van der Waals surface area contributed by atoms with Gasteiger partial charge >= 0.3 is 0 Å². The highest BCUT2D eigenvalue weighted by atomic mass is 35.5. The van der Waals surface area contributed by atoms with Crippen molar-refractivity contribution in [1.29, 1.82) is 0 Å². The summed E-state index contributed by atoms with van der Waals surface area (Å²) in [5.74, 6) is 1.86. The quantitative estimate of drug-likeness (QED) is 0.924. The molecule has 4 heteroatoms. The molecule has 2 heterocycles. The van der Waals surface area contributed by atoms with Crippen molar-refractivity contribution in [3.63, 3.8) is 0 Å². The molecule has 1 aromatic rings. The predicted molar refractivity (Wildman–Crippen MR) is 84.7 cm³/mol. The van der Waals surface area contributed by atoms with Crippen molar-refractivity contribution in [3.05, 3.63) is 29.8 Å². The number of nitrogens with one attached hydrogen (secondary N) is 1. The van der Waals surface area contributed by atoms with Crippen LogP contribution in [0.15, 0.2) is 24.3 Å². The van der Waals surface area contributed by atoms with E-state index in [0.29, 0.717) is 0 Å². The average molecular weight is 297 g/mol. The van der Waals surface area contributed by atoms with Crippen molar-refractivity contribution < 1.29 is 4.74 Å². The van der Waals surface area contributed by atoms with Gasteiger partial charge in [-0.05, 0) is 56.5 Å². The Morgan fingerprint density at radius 2 is 2.25 bits per heavy atom. The Morgan fingerprint density at radius 3 is 3.10 bits per heavy atom. The van der Waals surface area contributed by atoms with Gasteiger partial charge in [-0.1, -0.05) is 12.1 Å². The molecule has 1 N–H and O–H groups in total. The van der Waals surface area contributed by atoms with Crippen molar-refractivity contribution >= 4 is 12.4 Å². The van der Waals surface area contributed by atoms with Gasteiger partial charge in [-0.25, -0.2) is 0 Å². The Kier molecular flexibility index (Phi) is 5.70. The molecule has 2 unspecified atom stereocenters. The highest BCUT2D eigenvalue weighted by Gasteiger charge is 2.32. The molecule has 112 valence electrons. The molecular formula is C16H25ClN2O. The second-order valence-electron chi connectivity index (χ2n) is 5.71. The summed E-state index contributed by atoms with van der Waals surface area (Å²) in [5, 5.41) is 3.62. The molecule has 1 aromatic carbocycles. The van der Waals surface area contributed by atoms with Crippen molar-refractivity contribution in [2.75, 3.05) is 26.2 Å². The minimum absolute atomic E-state index is 0. The van der Waals surface area contributed by atoms with Gasteiger partial charge in [0, 0.05) is 19.1 Å². The van der Waals surface area contributed by atoms with E-state index in [4.69, 9.17) is 4.74 Å². The molecule has 0 bridgehead atoms. The fourth-order valence-electron chi connectivity index (χ4n) is 3.42. The highest BCUT2D eigenvalue weighted by Crippen LogP contribution is 2.26. The number of halogens is 1. The van der Waals surface area contributed by atoms with Gasteiger partial charge in [0.25, 0.3) is 0 Å². The van der Waals surface area contributed by atoms with Crippen molar-refractivity contribution in [2.45, 2.75) is 32.4 Å². The zero-order valence-electron chi connectivity index (χ0n) is 12.2. The van der Waals surface area contributed by atoms with Crippen LogP contribution in [0.2, 0.25) is 0 Å². The van der Waals surface area contributed by atoms with Crippen LogP contribution in [0.5, 0.6) is 5.75 Å². The molecule has 2 fully saturated rings. The number of likely N-dealkylation sites (tertiary alicyclic amines) is 1. The van der Waals surface area contributed by atoms with E-state index < -0.39 is 0 Å².